The number of nitrogens with zero attached hydrogens (tertiary/aromatic N) is 1. The molecule has 0 aromatic heterocycles. The van der Waals surface area contributed by atoms with Crippen LogP contribution in [0.25, 0.3) is 0 Å². The van der Waals surface area contributed by atoms with Crippen molar-refractivity contribution in [3.63, 3.8) is 0 Å². The molecule has 3 rings (SSSR count). The Morgan fingerprint density at radius 2 is 1.83 bits per heavy atom. The summed E-state index contributed by atoms with van der Waals surface area (Å²) in [6.07, 6.45) is 1.89. The molecule has 1 aliphatic rings. The third-order valence-corrected chi connectivity index (χ3v) is 5.72. The van der Waals surface area contributed by atoms with Gasteiger partial charge in [0, 0.05) is 12.1 Å². The highest BCUT2D eigenvalue weighted by Gasteiger charge is 2.35. The third-order valence-electron chi connectivity index (χ3n) is 3.96. The van der Waals surface area contributed by atoms with Crippen LogP contribution in [0.3, 0.4) is 0 Å². The van der Waals surface area contributed by atoms with Crippen LogP contribution in [0.4, 0.5) is 5.69 Å². The highest BCUT2D eigenvalue weighted by molar-refractivity contribution is 7.89. The van der Waals surface area contributed by atoms with Gasteiger partial charge in [-0.05, 0) is 36.5 Å². The molecule has 6 nitrogen and oxygen atoms in total. The van der Waals surface area contributed by atoms with Crippen LogP contribution in [0.2, 0.25) is 5.02 Å². The predicted molar refractivity (Wildman–Crippen MR) is 90.3 cm³/mol. The Balaban J connectivity index is 1.93. The van der Waals surface area contributed by atoms with Gasteiger partial charge in [0.1, 0.15) is 5.02 Å². The van der Waals surface area contributed by atoms with Crippen molar-refractivity contribution >= 4 is 27.3 Å². The van der Waals surface area contributed by atoms with Crippen LogP contribution in [-0.2, 0) is 10.0 Å². The van der Waals surface area contributed by atoms with E-state index in [1.54, 1.807) is 0 Å². The number of nitrogens with one attached hydrogen (secondary N) is 1. The van der Waals surface area contributed by atoms with Crippen LogP contribution < -0.4 is 4.72 Å². The van der Waals surface area contributed by atoms with Crippen LogP contribution in [0.5, 0.6) is 0 Å². The third kappa shape index (κ3) is 3.58. The van der Waals surface area contributed by atoms with E-state index >= 15 is 0 Å². The molecule has 0 bridgehead atoms. The molecule has 1 fully saturated rings. The Labute approximate surface area is 144 Å². The van der Waals surface area contributed by atoms with Gasteiger partial charge in [-0.25, -0.2) is 13.1 Å². The van der Waals surface area contributed by atoms with Crippen molar-refractivity contribution < 1.29 is 13.3 Å². The zero-order valence-electron chi connectivity index (χ0n) is 12.6. The fourth-order valence-corrected chi connectivity index (χ4v) is 4.06. The van der Waals surface area contributed by atoms with E-state index in [2.05, 4.69) is 4.72 Å². The van der Waals surface area contributed by atoms with Gasteiger partial charge in [-0.15, -0.1) is 0 Å². The van der Waals surface area contributed by atoms with Gasteiger partial charge in [-0.3, -0.25) is 10.1 Å². The number of hydrogen-bond donors (Lipinski definition) is 1. The molecule has 0 saturated heterocycles. The van der Waals surface area contributed by atoms with Crippen molar-refractivity contribution in [2.75, 3.05) is 0 Å². The van der Waals surface area contributed by atoms with E-state index in [1.165, 1.54) is 12.1 Å². The number of rotatable bonds is 6. The molecule has 2 aromatic carbocycles. The molecule has 24 heavy (non-hydrogen) atoms. The average Bonchev–Trinajstić information content (AvgIpc) is 3.38. The standard InChI is InChI=1S/C16H15ClN2O4S/c17-14-9-8-13(10-15(14)19(20)21)24(22,23)18-16(12-6-7-12)11-4-2-1-3-5-11/h1-5,8-10,12,16,18H,6-7H2/t16-/m1/s1. The fraction of sp³-hybridized carbons (Fsp3) is 0.250. The van der Waals surface area contributed by atoms with Crippen molar-refractivity contribution in [2.45, 2.75) is 23.8 Å². The van der Waals surface area contributed by atoms with Crippen LogP contribution in [0.1, 0.15) is 24.4 Å². The van der Waals surface area contributed by atoms with E-state index in [0.29, 0.717) is 0 Å². The second-order valence-electron chi connectivity index (χ2n) is 5.72. The lowest BCUT2D eigenvalue weighted by atomic mass is 10.0. The van der Waals surface area contributed by atoms with Gasteiger partial charge in [-0.1, -0.05) is 41.9 Å². The summed E-state index contributed by atoms with van der Waals surface area (Å²) in [6.45, 7) is 0. The fourth-order valence-electron chi connectivity index (χ4n) is 2.56. The summed E-state index contributed by atoms with van der Waals surface area (Å²) < 4.78 is 28.0. The SMILES string of the molecule is O=[N+]([O-])c1cc(S(=O)(=O)N[C@H](c2ccccc2)C2CC2)ccc1Cl. The molecule has 8 heteroatoms. The van der Waals surface area contributed by atoms with Crippen LogP contribution in [0.15, 0.2) is 53.4 Å². The van der Waals surface area contributed by atoms with E-state index in [4.69, 9.17) is 11.6 Å². The highest BCUT2D eigenvalue weighted by atomic mass is 35.5. The average molecular weight is 367 g/mol. The van der Waals surface area contributed by atoms with E-state index in [-0.39, 0.29) is 21.9 Å². The van der Waals surface area contributed by atoms with E-state index < -0.39 is 20.6 Å². The molecule has 1 saturated carbocycles. The number of nitro groups is 1. The minimum absolute atomic E-state index is 0.0965. The zero-order valence-corrected chi connectivity index (χ0v) is 14.1. The maximum absolute atomic E-state index is 12.7. The first-order valence-corrected chi connectivity index (χ1v) is 9.26. The Morgan fingerprint density at radius 3 is 2.42 bits per heavy atom. The highest BCUT2D eigenvalue weighted by Crippen LogP contribution is 2.41. The number of halogens is 1. The van der Waals surface area contributed by atoms with Crippen LogP contribution >= 0.6 is 11.6 Å². The first-order valence-electron chi connectivity index (χ1n) is 7.40. The quantitative estimate of drug-likeness (QED) is 0.623. The van der Waals surface area contributed by atoms with Gasteiger partial charge in [0.25, 0.3) is 5.69 Å². The molecular weight excluding hydrogens is 352 g/mol. The lowest BCUT2D eigenvalue weighted by Gasteiger charge is -2.19. The molecule has 1 atom stereocenters. The van der Waals surface area contributed by atoms with Crippen LogP contribution in [0, 0.1) is 16.0 Å². The monoisotopic (exact) mass is 366 g/mol. The number of nitro benzene ring substituents is 1. The smallest absolute Gasteiger partial charge is 0.258 e. The van der Waals surface area contributed by atoms with Gasteiger partial charge in [0.05, 0.1) is 9.82 Å². The van der Waals surface area contributed by atoms with Crippen molar-refractivity contribution in [2.24, 2.45) is 5.92 Å². The summed E-state index contributed by atoms with van der Waals surface area (Å²) in [5.41, 5.74) is 0.453. The molecule has 0 radical (unpaired) electrons. The Hall–Kier alpha value is -1.96. The first kappa shape index (κ1) is 16.9. The summed E-state index contributed by atoms with van der Waals surface area (Å²) in [6, 6.07) is 12.5. The summed E-state index contributed by atoms with van der Waals surface area (Å²) in [4.78, 5) is 10.1. The van der Waals surface area contributed by atoms with Gasteiger partial charge in [0.2, 0.25) is 10.0 Å². The minimum atomic E-state index is -3.90. The molecular formula is C16H15ClN2O4S. The normalized spacial score (nSPS) is 15.9. The van der Waals surface area contributed by atoms with E-state index in [1.807, 2.05) is 30.3 Å². The second-order valence-corrected chi connectivity index (χ2v) is 7.84. The number of sulfonamides is 1. The molecule has 2 aromatic rings. The number of hydrogen-bond acceptors (Lipinski definition) is 4. The summed E-state index contributed by atoms with van der Waals surface area (Å²) in [7, 11) is -3.90. The van der Waals surface area contributed by atoms with Crippen molar-refractivity contribution in [1.29, 1.82) is 0 Å². The second kappa shape index (κ2) is 6.51. The maximum Gasteiger partial charge on any atom is 0.289 e. The Morgan fingerprint density at radius 1 is 1.17 bits per heavy atom. The number of benzene rings is 2. The lowest BCUT2D eigenvalue weighted by Crippen LogP contribution is -2.30. The van der Waals surface area contributed by atoms with Gasteiger partial charge in [-0.2, -0.15) is 0 Å². The van der Waals surface area contributed by atoms with E-state index in [0.717, 1.165) is 24.5 Å². The molecule has 126 valence electrons. The van der Waals surface area contributed by atoms with Gasteiger partial charge in [0.15, 0.2) is 0 Å². The maximum atomic E-state index is 12.7. The lowest BCUT2D eigenvalue weighted by molar-refractivity contribution is -0.384. The first-order chi connectivity index (χ1) is 11.4. The van der Waals surface area contributed by atoms with Crippen LogP contribution in [-0.4, -0.2) is 13.3 Å². The van der Waals surface area contributed by atoms with Gasteiger partial charge >= 0.3 is 0 Å². The molecule has 1 aliphatic carbocycles. The molecule has 0 amide bonds. The largest absolute Gasteiger partial charge is 0.289 e. The Kier molecular flexibility index (Phi) is 4.58. The van der Waals surface area contributed by atoms with E-state index in [9.17, 15) is 18.5 Å². The topological polar surface area (TPSA) is 89.3 Å². The Bertz CT molecular complexity index is 867. The van der Waals surface area contributed by atoms with Crippen molar-refractivity contribution in [3.05, 3.63) is 69.2 Å². The molecule has 0 spiro atoms. The molecule has 0 aliphatic heterocycles. The minimum Gasteiger partial charge on any atom is -0.258 e. The zero-order chi connectivity index (χ0) is 17.3. The molecule has 1 N–H and O–H groups in total. The summed E-state index contributed by atoms with van der Waals surface area (Å²) >= 11 is 5.75. The van der Waals surface area contributed by atoms with Crippen molar-refractivity contribution in [1.82, 2.24) is 4.72 Å². The van der Waals surface area contributed by atoms with Crippen molar-refractivity contribution in [3.8, 4) is 0 Å². The predicted octanol–water partition coefficient (Wildman–Crippen LogP) is 3.68. The summed E-state index contributed by atoms with van der Waals surface area (Å²) in [5.74, 6) is 0.240. The van der Waals surface area contributed by atoms with Gasteiger partial charge < -0.3 is 0 Å². The summed E-state index contributed by atoms with van der Waals surface area (Å²) in [5, 5.41) is 10.9. The molecule has 0 heterocycles. The molecule has 0 unspecified atom stereocenters.